The van der Waals surface area contributed by atoms with Gasteiger partial charge in [-0.2, -0.15) is 25.7 Å². The van der Waals surface area contributed by atoms with Crippen molar-refractivity contribution >= 4 is 116 Å². The van der Waals surface area contributed by atoms with E-state index in [2.05, 4.69) is 123 Å². The van der Waals surface area contributed by atoms with E-state index in [-0.39, 0.29) is 58.4 Å². The summed E-state index contributed by atoms with van der Waals surface area (Å²) < 4.78 is 29.1. The van der Waals surface area contributed by atoms with Crippen molar-refractivity contribution in [3.63, 3.8) is 0 Å². The molecule has 0 atom stereocenters. The quantitative estimate of drug-likeness (QED) is 0.0177. The molecule has 39 heteroatoms. The Morgan fingerprint density at radius 2 is 0.775 bits per heavy atom. The van der Waals surface area contributed by atoms with Gasteiger partial charge in [0.05, 0.1) is 113 Å². The summed E-state index contributed by atoms with van der Waals surface area (Å²) in [5.41, 5.74) is 10.0. The van der Waals surface area contributed by atoms with Crippen LogP contribution in [0.25, 0.3) is 45.6 Å². The molecule has 129 heavy (non-hydrogen) atoms. The minimum Gasteiger partial charge on any atom is -0.494 e. The number of carbonyl (C=O) groups is 6. The molecule has 0 unspecified atom stereocenters. The number of para-hydroxylation sites is 3. The Balaban J connectivity index is 0.000000139. The number of hydrogen-bond acceptors (Lipinski definition) is 32. The summed E-state index contributed by atoms with van der Waals surface area (Å²) in [6.07, 6.45) is 22.2. The fourth-order valence-electron chi connectivity index (χ4n) is 13.4. The number of nitrogens with one attached hydrogen (secondary N) is 9. The van der Waals surface area contributed by atoms with Crippen molar-refractivity contribution in [1.29, 1.82) is 5.26 Å². The molecule has 0 spiro atoms. The average Bonchev–Trinajstić information content (AvgIpc) is 1.71. The molecule has 2 amide bonds. The lowest BCUT2D eigenvalue weighted by molar-refractivity contribution is -0.118. The zero-order valence-electron chi connectivity index (χ0n) is 72.7. The van der Waals surface area contributed by atoms with E-state index in [1.807, 2.05) is 74.6 Å². The molecule has 14 aromatic rings. The Morgan fingerprint density at radius 3 is 1.15 bits per heavy atom. The second-order valence-electron chi connectivity index (χ2n) is 30.0. The van der Waals surface area contributed by atoms with Crippen molar-refractivity contribution in [2.75, 3.05) is 71.0 Å². The van der Waals surface area contributed by atoms with Crippen LogP contribution in [-0.2, 0) is 37.8 Å². The Labute approximate surface area is 740 Å². The van der Waals surface area contributed by atoms with Gasteiger partial charge in [0.15, 0.2) is 75.2 Å². The van der Waals surface area contributed by atoms with Gasteiger partial charge in [0.2, 0.25) is 17.8 Å². The van der Waals surface area contributed by atoms with E-state index in [0.29, 0.717) is 185 Å². The molecule has 9 N–H and O–H groups in total. The number of rotatable bonds is 32. The number of nitrogens with zero attached hydrogens (tertiary/aromatic N) is 20. The number of H-pyrrole nitrogens is 1. The average molecular weight is 1740 g/mol. The van der Waals surface area contributed by atoms with Crippen molar-refractivity contribution in [2.45, 2.75) is 85.5 Å². The van der Waals surface area contributed by atoms with Crippen LogP contribution in [0.1, 0.15) is 131 Å². The van der Waals surface area contributed by atoms with Crippen molar-refractivity contribution in [2.24, 2.45) is 45.9 Å². The number of amides is 2. The summed E-state index contributed by atoms with van der Waals surface area (Å²) in [7, 11) is 13.4. The number of benzene rings is 3. The third-order valence-corrected chi connectivity index (χ3v) is 20.4. The summed E-state index contributed by atoms with van der Waals surface area (Å²) in [4.78, 5) is 125. The van der Waals surface area contributed by atoms with Gasteiger partial charge in [-0.1, -0.05) is 45.0 Å². The summed E-state index contributed by atoms with van der Waals surface area (Å²) in [5.74, 6) is 7.34. The molecule has 39 nitrogen and oxygen atoms in total. The molecule has 0 saturated heterocycles. The molecule has 11 heterocycles. The van der Waals surface area contributed by atoms with Gasteiger partial charge in [0.1, 0.15) is 66.2 Å². The van der Waals surface area contributed by atoms with E-state index in [9.17, 15) is 28.8 Å². The van der Waals surface area contributed by atoms with E-state index < -0.39 is 0 Å². The molecule has 3 aromatic carbocycles. The number of Topliss-reactive ketones (excluding diaryl/α,β-unsaturated/α-hetero) is 4. The number of ketones is 4. The highest BCUT2D eigenvalue weighted by atomic mass is 16.5. The number of hydrogen-bond donors (Lipinski definition) is 9. The van der Waals surface area contributed by atoms with Crippen LogP contribution in [0.4, 0.5) is 80.7 Å². The maximum absolute atomic E-state index is 13.0. The van der Waals surface area contributed by atoms with Crippen molar-refractivity contribution in [3.05, 3.63) is 199 Å². The fourth-order valence-corrected chi connectivity index (χ4v) is 13.4. The van der Waals surface area contributed by atoms with Gasteiger partial charge in [0.25, 0.3) is 0 Å². The largest absolute Gasteiger partial charge is 0.494 e. The first-order valence-electron chi connectivity index (χ1n) is 41.3. The van der Waals surface area contributed by atoms with Crippen molar-refractivity contribution < 1.29 is 47.7 Å². The smallest absolute Gasteiger partial charge is 0.228 e. The first-order valence-corrected chi connectivity index (χ1v) is 41.3. The Bertz CT molecular complexity index is 6350. The third kappa shape index (κ3) is 21.8. The Morgan fingerprint density at radius 1 is 0.403 bits per heavy atom. The van der Waals surface area contributed by atoms with Crippen molar-refractivity contribution in [3.8, 4) is 74.6 Å². The second kappa shape index (κ2) is 40.4. The number of pyridine rings is 6. The lowest BCUT2D eigenvalue weighted by atomic mass is 10.1. The van der Waals surface area contributed by atoms with Gasteiger partial charge in [-0.15, -0.1) is 0 Å². The maximum Gasteiger partial charge on any atom is 0.228 e. The highest BCUT2D eigenvalue weighted by molar-refractivity contribution is 6.07. The van der Waals surface area contributed by atoms with E-state index in [0.717, 1.165) is 49.8 Å². The number of aryl methyl sites for hydroxylation is 5. The van der Waals surface area contributed by atoms with Gasteiger partial charge in [-0.25, -0.2) is 54.8 Å². The molecule has 0 aliphatic heterocycles. The molecule has 0 bridgehead atoms. The van der Waals surface area contributed by atoms with E-state index in [4.69, 9.17) is 24.2 Å². The minimum atomic E-state index is -0.0865. The van der Waals surface area contributed by atoms with Crippen LogP contribution in [0, 0.1) is 36.0 Å². The predicted octanol–water partition coefficient (Wildman–Crippen LogP) is 14.8. The van der Waals surface area contributed by atoms with Crippen molar-refractivity contribution in [1.82, 2.24) is 98.9 Å². The number of anilines is 14. The highest BCUT2D eigenvalue weighted by Gasteiger charge is 2.34. The normalized spacial score (nSPS) is 12.3. The molecule has 658 valence electrons. The SMILES string of the molecule is CCC(=O)c1cnc(NC(=O)C2CC2)cc1Nc1cccc(-c2ncn(C)n2)c1OC.CCC(=O)c1cnc(NC(=O)C2CC2)cc1Nc1nccc(-c2ncn(C)n2)c1OC.CCC(=O)c1cnc(Nc2cccc(C#N)n2)cc1Nc1cccc(-c2ncn(C)n2)c1OC.COc1c(Nc2cc(Nc3ncc(C)[nH]3)ncc2C(=O)C2CC2)cccc1-c1ncn(C)n1. The van der Waals surface area contributed by atoms with Gasteiger partial charge in [0, 0.05) is 132 Å². The number of aromatic amines is 1. The molecule has 3 fully saturated rings. The van der Waals surface area contributed by atoms with Crippen LogP contribution in [0.2, 0.25) is 0 Å². The number of ether oxygens (including phenoxy) is 4. The van der Waals surface area contributed by atoms with E-state index in [1.54, 1.807) is 174 Å². The molecule has 3 aliphatic carbocycles. The van der Waals surface area contributed by atoms with Gasteiger partial charge in [-0.05, 0) is 100 Å². The molecule has 3 aliphatic rings. The number of carbonyl (C=O) groups excluding carboxylic acids is 6. The monoisotopic (exact) mass is 1740 g/mol. The minimum absolute atomic E-state index is 0.0412. The number of nitriles is 1. The van der Waals surface area contributed by atoms with E-state index in [1.165, 1.54) is 25.7 Å². The third-order valence-electron chi connectivity index (χ3n) is 20.4. The number of methoxy groups -OCH3 is 4. The predicted molar refractivity (Wildman–Crippen MR) is 482 cm³/mol. The fraction of sp³-hybridized carbons (Fsp3) is 0.267. The number of aromatic nitrogens is 20. The van der Waals surface area contributed by atoms with Gasteiger partial charge >= 0.3 is 0 Å². The van der Waals surface area contributed by atoms with Crippen LogP contribution in [0.5, 0.6) is 23.0 Å². The Hall–Kier alpha value is -16.6. The molecular weight excluding hydrogens is 1650 g/mol. The second-order valence-corrected chi connectivity index (χ2v) is 30.0. The lowest BCUT2D eigenvalue weighted by Crippen LogP contribution is -2.15. The highest BCUT2D eigenvalue weighted by Crippen LogP contribution is 2.44. The van der Waals surface area contributed by atoms with Crippen LogP contribution in [0.3, 0.4) is 0 Å². The Kier molecular flexibility index (Phi) is 27.8. The topological polar surface area (TPSA) is 488 Å². The maximum atomic E-state index is 13.0. The summed E-state index contributed by atoms with van der Waals surface area (Å²) in [6.45, 7) is 7.29. The van der Waals surface area contributed by atoms with Crippen LogP contribution >= 0.6 is 0 Å². The first-order chi connectivity index (χ1) is 62.5. The van der Waals surface area contributed by atoms with Crippen LogP contribution in [-0.4, -0.2) is 162 Å². The molecule has 0 radical (unpaired) electrons. The lowest BCUT2D eigenvalue weighted by Gasteiger charge is -2.17. The molecule has 11 aromatic heterocycles. The van der Waals surface area contributed by atoms with Gasteiger partial charge < -0.3 is 66.5 Å². The summed E-state index contributed by atoms with van der Waals surface area (Å²) in [6, 6.07) is 32.5. The summed E-state index contributed by atoms with van der Waals surface area (Å²) in [5, 5.41) is 51.5. The van der Waals surface area contributed by atoms with Gasteiger partial charge in [-0.3, -0.25) is 47.5 Å². The first kappa shape index (κ1) is 88.7. The molecular formula is C90H93N29O10. The molecule has 17 rings (SSSR count). The zero-order valence-corrected chi connectivity index (χ0v) is 72.7. The molecule has 3 saturated carbocycles. The van der Waals surface area contributed by atoms with E-state index >= 15 is 0 Å². The number of imidazole rings is 1. The van der Waals surface area contributed by atoms with Crippen LogP contribution < -0.4 is 61.5 Å². The summed E-state index contributed by atoms with van der Waals surface area (Å²) >= 11 is 0. The van der Waals surface area contributed by atoms with Crippen LogP contribution in [0.15, 0.2) is 166 Å². The standard InChI is InChI=1S/C24H22N8O2.C23H24N8O2.C22H24N6O3.C21H23N7O3/c1-4-20(33)17-13-26-22(30-21-10-5-7-15(12-25)28-21)11-19(17)29-18-9-6-8-16(23(18)34-3)24-27-14-32(2)31-24;1-13-10-25-23(27-13)29-19-9-18(16(11-24-19)20(32)14-7-8-14)28-17-6-4-5-15(21(17)33-3)22-26-12-31(2)30-22;1-4-18(29)15-11-23-19(26-22(30)13-8-9-13)10-17(15)25-16-7-5-6-14(20(16)31-3)21-24-12-28(2)27-21;1-4-16(29)14-10-23-17(26-21(30)12-5-6-12)9-15(14)25-20-18(31-3)13(7-8-22-20)19-24-11-28(2)27-19/h5-11,13-14H,4H2,1-3H3,(H2,26,28,29,30);4-6,9-12,14H,7-8H2,1-3H3,(H3,24,25,27,28,29);5-7,10-13H,4,8-9H2,1-3H3,(H2,23,25,26,30);7-12H,4-6H2,1-3H3,(H2,22,23,25,26,30). The zero-order chi connectivity index (χ0) is 90.9.